The first kappa shape index (κ1) is 14.7. The second-order valence-corrected chi connectivity index (χ2v) is 3.71. The quantitative estimate of drug-likeness (QED) is 0.708. The molecule has 0 aliphatic rings. The minimum Gasteiger partial charge on any atom is -0.465 e. The van der Waals surface area contributed by atoms with Crippen molar-refractivity contribution in [2.75, 3.05) is 13.2 Å². The molecule has 0 aromatic heterocycles. The molecule has 0 spiro atoms. The van der Waals surface area contributed by atoms with Crippen LogP contribution in [0.2, 0.25) is 0 Å². The summed E-state index contributed by atoms with van der Waals surface area (Å²) in [6, 6.07) is 0. The van der Waals surface area contributed by atoms with Gasteiger partial charge in [0.1, 0.15) is 12.1 Å². The number of rotatable bonds is 6. The van der Waals surface area contributed by atoms with Crippen LogP contribution in [0, 0.1) is 0 Å². The maximum atomic E-state index is 11.3. The molecule has 0 unspecified atom stereocenters. The summed E-state index contributed by atoms with van der Waals surface area (Å²) in [5, 5.41) is 2.36. The van der Waals surface area contributed by atoms with Crippen LogP contribution in [0.1, 0.15) is 40.5 Å². The summed E-state index contributed by atoms with van der Waals surface area (Å²) in [6.45, 7) is 7.61. The van der Waals surface area contributed by atoms with Crippen molar-refractivity contribution in [3.63, 3.8) is 0 Å². The number of nitrogens with one attached hydrogen (secondary N) is 1. The zero-order chi connectivity index (χ0) is 12.6. The van der Waals surface area contributed by atoms with Crippen molar-refractivity contribution >= 4 is 12.1 Å². The third-order valence-corrected chi connectivity index (χ3v) is 2.52. The molecule has 0 heterocycles. The van der Waals surface area contributed by atoms with E-state index in [1.54, 1.807) is 6.92 Å². The van der Waals surface area contributed by atoms with E-state index in [2.05, 4.69) is 10.1 Å². The Bertz CT molecular complexity index is 236. The summed E-state index contributed by atoms with van der Waals surface area (Å²) in [6.07, 6.45) is 0.881. The lowest BCUT2D eigenvalue weighted by atomic mass is 10.0. The lowest BCUT2D eigenvalue weighted by Crippen LogP contribution is -2.38. The number of carbonyl (C=O) groups excluding carboxylic acids is 2. The third kappa shape index (κ3) is 5.58. The van der Waals surface area contributed by atoms with Crippen LogP contribution in [0.25, 0.3) is 0 Å². The molecule has 0 rings (SSSR count). The van der Waals surface area contributed by atoms with Gasteiger partial charge in [-0.05, 0) is 26.7 Å². The van der Waals surface area contributed by atoms with Crippen molar-refractivity contribution in [1.29, 1.82) is 0 Å². The highest BCUT2D eigenvalue weighted by Gasteiger charge is 2.24. The van der Waals surface area contributed by atoms with E-state index in [9.17, 15) is 9.59 Å². The van der Waals surface area contributed by atoms with E-state index in [0.717, 1.165) is 12.8 Å². The largest absolute Gasteiger partial charge is 0.465 e. The lowest BCUT2D eigenvalue weighted by molar-refractivity contribution is -0.142. The monoisotopic (exact) mass is 231 g/mol. The number of hydrogen-bond acceptors (Lipinski definition) is 4. The number of carbonyl (C=O) groups is 2. The Hall–Kier alpha value is -1.26. The van der Waals surface area contributed by atoms with Gasteiger partial charge in [-0.1, -0.05) is 13.8 Å². The number of esters is 1. The van der Waals surface area contributed by atoms with Gasteiger partial charge in [-0.2, -0.15) is 0 Å². The van der Waals surface area contributed by atoms with Crippen molar-refractivity contribution in [2.24, 2.45) is 0 Å². The van der Waals surface area contributed by atoms with Crippen LogP contribution in [0.5, 0.6) is 0 Å². The Labute approximate surface area is 96.5 Å². The molecule has 0 saturated carbocycles. The van der Waals surface area contributed by atoms with Gasteiger partial charge in [0.2, 0.25) is 0 Å². The average molecular weight is 231 g/mol. The molecule has 94 valence electrons. The maximum absolute atomic E-state index is 11.3. The summed E-state index contributed by atoms with van der Waals surface area (Å²) < 4.78 is 9.87. The van der Waals surface area contributed by atoms with Crippen molar-refractivity contribution in [1.82, 2.24) is 5.32 Å². The van der Waals surface area contributed by atoms with Gasteiger partial charge in [0.15, 0.2) is 0 Å². The standard InChI is InChI=1S/C11H21NO4/c1-5-11(4,6-2)16-10(14)12-8-9(13)15-7-3/h5-8H2,1-4H3,(H,12,14). The van der Waals surface area contributed by atoms with E-state index in [1.807, 2.05) is 20.8 Å². The van der Waals surface area contributed by atoms with Crippen LogP contribution >= 0.6 is 0 Å². The number of alkyl carbamates (subject to hydrolysis) is 1. The molecule has 5 nitrogen and oxygen atoms in total. The fourth-order valence-corrected chi connectivity index (χ4v) is 1.01. The number of amides is 1. The predicted molar refractivity (Wildman–Crippen MR) is 60.1 cm³/mol. The van der Waals surface area contributed by atoms with E-state index >= 15 is 0 Å². The fourth-order valence-electron chi connectivity index (χ4n) is 1.01. The lowest BCUT2D eigenvalue weighted by Gasteiger charge is -2.26. The molecule has 1 N–H and O–H groups in total. The van der Waals surface area contributed by atoms with Gasteiger partial charge >= 0.3 is 12.1 Å². The average Bonchev–Trinajstić information content (AvgIpc) is 2.26. The number of hydrogen-bond donors (Lipinski definition) is 1. The van der Waals surface area contributed by atoms with Gasteiger partial charge in [0.25, 0.3) is 0 Å². The molecule has 0 saturated heterocycles. The van der Waals surface area contributed by atoms with Crippen LogP contribution in [-0.4, -0.2) is 30.8 Å². The van der Waals surface area contributed by atoms with Crippen molar-refractivity contribution < 1.29 is 19.1 Å². The normalized spacial score (nSPS) is 10.8. The Morgan fingerprint density at radius 2 is 1.75 bits per heavy atom. The first-order valence-electron chi connectivity index (χ1n) is 5.59. The second kappa shape index (κ2) is 7.09. The van der Waals surface area contributed by atoms with Gasteiger partial charge in [0.05, 0.1) is 6.61 Å². The first-order valence-corrected chi connectivity index (χ1v) is 5.59. The Balaban J connectivity index is 3.95. The molecule has 1 amide bonds. The molecular formula is C11H21NO4. The molecule has 0 aliphatic heterocycles. The zero-order valence-corrected chi connectivity index (χ0v) is 10.5. The van der Waals surface area contributed by atoms with Gasteiger partial charge < -0.3 is 14.8 Å². The van der Waals surface area contributed by atoms with Crippen LogP contribution in [0.15, 0.2) is 0 Å². The molecule has 0 radical (unpaired) electrons. The topological polar surface area (TPSA) is 64.6 Å². The molecular weight excluding hydrogens is 210 g/mol. The third-order valence-electron chi connectivity index (χ3n) is 2.52. The molecule has 0 bridgehead atoms. The van der Waals surface area contributed by atoms with Gasteiger partial charge in [-0.25, -0.2) is 4.79 Å². The molecule has 5 heteroatoms. The second-order valence-electron chi connectivity index (χ2n) is 3.71. The Morgan fingerprint density at radius 1 is 1.19 bits per heavy atom. The highest BCUT2D eigenvalue weighted by Crippen LogP contribution is 2.18. The van der Waals surface area contributed by atoms with Crippen LogP contribution < -0.4 is 5.32 Å². The van der Waals surface area contributed by atoms with Crippen LogP contribution in [-0.2, 0) is 14.3 Å². The smallest absolute Gasteiger partial charge is 0.408 e. The molecule has 0 fully saturated rings. The van der Waals surface area contributed by atoms with E-state index < -0.39 is 17.7 Å². The Kier molecular flexibility index (Phi) is 6.53. The highest BCUT2D eigenvalue weighted by molar-refractivity contribution is 5.77. The maximum Gasteiger partial charge on any atom is 0.408 e. The summed E-state index contributed by atoms with van der Waals surface area (Å²) in [4.78, 5) is 22.3. The molecule has 0 aromatic carbocycles. The van der Waals surface area contributed by atoms with Crippen molar-refractivity contribution in [3.8, 4) is 0 Å². The minimum atomic E-state index is -0.584. The number of ether oxygens (including phenoxy) is 2. The van der Waals surface area contributed by atoms with Crippen LogP contribution in [0.4, 0.5) is 4.79 Å². The van der Waals surface area contributed by atoms with Gasteiger partial charge in [-0.15, -0.1) is 0 Å². The zero-order valence-electron chi connectivity index (χ0n) is 10.5. The van der Waals surface area contributed by atoms with Crippen LogP contribution in [0.3, 0.4) is 0 Å². The fraction of sp³-hybridized carbons (Fsp3) is 0.818. The predicted octanol–water partition coefficient (Wildman–Crippen LogP) is 1.85. The van der Waals surface area contributed by atoms with E-state index in [-0.39, 0.29) is 6.54 Å². The Morgan fingerprint density at radius 3 is 2.19 bits per heavy atom. The van der Waals surface area contributed by atoms with E-state index in [4.69, 9.17) is 4.74 Å². The summed E-state index contributed by atoms with van der Waals surface area (Å²) in [5.41, 5.74) is -0.473. The van der Waals surface area contributed by atoms with Crippen molar-refractivity contribution in [3.05, 3.63) is 0 Å². The van der Waals surface area contributed by atoms with Gasteiger partial charge in [0, 0.05) is 0 Å². The van der Waals surface area contributed by atoms with Crippen molar-refractivity contribution in [2.45, 2.75) is 46.1 Å². The summed E-state index contributed by atoms with van der Waals surface area (Å²) >= 11 is 0. The minimum absolute atomic E-state index is 0.157. The van der Waals surface area contributed by atoms with E-state index in [1.165, 1.54) is 0 Å². The molecule has 0 aromatic rings. The molecule has 16 heavy (non-hydrogen) atoms. The SMILES string of the molecule is CCOC(=O)CNC(=O)OC(C)(CC)CC. The first-order chi connectivity index (χ1) is 7.47. The highest BCUT2D eigenvalue weighted by atomic mass is 16.6. The van der Waals surface area contributed by atoms with Gasteiger partial charge in [-0.3, -0.25) is 4.79 Å². The molecule has 0 aliphatic carbocycles. The van der Waals surface area contributed by atoms with E-state index in [0.29, 0.717) is 6.61 Å². The summed E-state index contributed by atoms with van der Waals surface area (Å²) in [5.74, 6) is -0.464. The summed E-state index contributed by atoms with van der Waals surface area (Å²) in [7, 11) is 0. The molecule has 0 atom stereocenters.